The normalized spacial score (nSPS) is 10.9. The molecule has 0 aromatic heterocycles. The first-order chi connectivity index (χ1) is 8.79. The number of carbonyl (C=O) groups is 2. The molecule has 0 aliphatic heterocycles. The first kappa shape index (κ1) is 15.7. The van der Waals surface area contributed by atoms with E-state index in [2.05, 4.69) is 26.7 Å². The van der Waals surface area contributed by atoms with Crippen molar-refractivity contribution >= 4 is 27.7 Å². The summed E-state index contributed by atoms with van der Waals surface area (Å²) in [6, 6.07) is 6.99. The summed E-state index contributed by atoms with van der Waals surface area (Å²) in [6.45, 7) is 5.29. The summed E-state index contributed by atoms with van der Waals surface area (Å²) >= 11 is 3.27. The van der Waals surface area contributed by atoms with Gasteiger partial charge in [-0.25, -0.2) is 5.48 Å². The van der Waals surface area contributed by atoms with E-state index in [1.165, 1.54) is 0 Å². The van der Waals surface area contributed by atoms with Crippen molar-refractivity contribution in [1.82, 2.24) is 10.8 Å². The zero-order valence-corrected chi connectivity index (χ0v) is 12.7. The van der Waals surface area contributed by atoms with E-state index in [1.807, 2.05) is 26.8 Å². The number of hydroxylamine groups is 1. The van der Waals surface area contributed by atoms with E-state index < -0.39 is 11.5 Å². The molecule has 0 unspecified atom stereocenters. The van der Waals surface area contributed by atoms with Crippen LogP contribution in [0.3, 0.4) is 0 Å². The summed E-state index contributed by atoms with van der Waals surface area (Å²) in [7, 11) is 0. The molecule has 0 saturated heterocycles. The highest BCUT2D eigenvalue weighted by Crippen LogP contribution is 2.15. The summed E-state index contributed by atoms with van der Waals surface area (Å²) in [5.41, 5.74) is 2.29. The highest BCUT2D eigenvalue weighted by Gasteiger charge is 2.14. The second-order valence-corrected chi connectivity index (χ2v) is 5.76. The van der Waals surface area contributed by atoms with Crippen LogP contribution >= 0.6 is 15.9 Å². The smallest absolute Gasteiger partial charge is 0.262 e. The average Bonchev–Trinajstić information content (AvgIpc) is 2.33. The van der Waals surface area contributed by atoms with Gasteiger partial charge >= 0.3 is 0 Å². The van der Waals surface area contributed by atoms with Crippen LogP contribution in [0.5, 0.6) is 0 Å². The molecular formula is C13H17BrN2O3. The molecule has 0 fully saturated rings. The molecule has 5 nitrogen and oxygen atoms in total. The summed E-state index contributed by atoms with van der Waals surface area (Å²) in [5.74, 6) is -0.728. The van der Waals surface area contributed by atoms with Crippen LogP contribution in [0.4, 0.5) is 0 Å². The highest BCUT2D eigenvalue weighted by molar-refractivity contribution is 9.10. The fourth-order valence-electron chi connectivity index (χ4n) is 1.15. The average molecular weight is 329 g/mol. The van der Waals surface area contributed by atoms with E-state index >= 15 is 0 Å². The van der Waals surface area contributed by atoms with Gasteiger partial charge in [0.1, 0.15) is 0 Å². The second kappa shape index (κ2) is 6.68. The molecule has 1 rings (SSSR count). The molecule has 2 N–H and O–H groups in total. The van der Waals surface area contributed by atoms with Crippen LogP contribution in [0.1, 0.15) is 31.1 Å². The first-order valence-electron chi connectivity index (χ1n) is 5.79. The Balaban J connectivity index is 2.43. The molecule has 0 radical (unpaired) electrons. The zero-order chi connectivity index (χ0) is 14.5. The van der Waals surface area contributed by atoms with Crippen molar-refractivity contribution < 1.29 is 14.4 Å². The number of nitrogens with one attached hydrogen (secondary N) is 2. The Hall–Kier alpha value is -1.40. The van der Waals surface area contributed by atoms with E-state index in [9.17, 15) is 9.59 Å². The predicted molar refractivity (Wildman–Crippen MR) is 75.5 cm³/mol. The molecule has 0 aliphatic carbocycles. The lowest BCUT2D eigenvalue weighted by molar-refractivity contribution is -0.144. The van der Waals surface area contributed by atoms with Crippen molar-refractivity contribution in [1.29, 1.82) is 0 Å². The van der Waals surface area contributed by atoms with Crippen molar-refractivity contribution in [3.63, 3.8) is 0 Å². The maximum absolute atomic E-state index is 11.8. The van der Waals surface area contributed by atoms with Crippen LogP contribution in [-0.2, 0) is 9.63 Å². The van der Waals surface area contributed by atoms with Crippen molar-refractivity contribution in [3.05, 3.63) is 34.3 Å². The van der Waals surface area contributed by atoms with Crippen LogP contribution in [0.15, 0.2) is 28.7 Å². The molecule has 0 atom stereocenters. The van der Waals surface area contributed by atoms with Gasteiger partial charge in [0.25, 0.3) is 11.8 Å². The van der Waals surface area contributed by atoms with Crippen LogP contribution in [0, 0.1) is 0 Å². The SMILES string of the molecule is CC(C)(C)ONC(=O)CNC(=O)c1ccccc1Br. The number of hydrogen-bond acceptors (Lipinski definition) is 3. The lowest BCUT2D eigenvalue weighted by Gasteiger charge is -2.19. The Morgan fingerprint density at radius 3 is 2.47 bits per heavy atom. The predicted octanol–water partition coefficient (Wildman–Crippen LogP) is 2.03. The van der Waals surface area contributed by atoms with Gasteiger partial charge in [-0.1, -0.05) is 12.1 Å². The van der Waals surface area contributed by atoms with E-state index in [1.54, 1.807) is 18.2 Å². The van der Waals surface area contributed by atoms with Crippen LogP contribution in [0.2, 0.25) is 0 Å². The Kier molecular flexibility index (Phi) is 5.50. The van der Waals surface area contributed by atoms with Crippen molar-refractivity contribution in [2.75, 3.05) is 6.54 Å². The summed E-state index contributed by atoms with van der Waals surface area (Å²) in [6.07, 6.45) is 0. The molecule has 104 valence electrons. The summed E-state index contributed by atoms with van der Waals surface area (Å²) in [5, 5.41) is 2.51. The third kappa shape index (κ3) is 5.85. The molecule has 0 spiro atoms. The maximum atomic E-state index is 11.8. The lowest BCUT2D eigenvalue weighted by Crippen LogP contribution is -2.40. The molecule has 0 bridgehead atoms. The molecule has 2 amide bonds. The van der Waals surface area contributed by atoms with Crippen LogP contribution in [-0.4, -0.2) is 24.0 Å². The number of hydrogen-bond donors (Lipinski definition) is 2. The Morgan fingerprint density at radius 1 is 1.26 bits per heavy atom. The number of rotatable bonds is 4. The zero-order valence-electron chi connectivity index (χ0n) is 11.1. The Bertz CT molecular complexity index is 469. The van der Waals surface area contributed by atoms with Crippen molar-refractivity contribution in [3.8, 4) is 0 Å². The third-order valence-corrected chi connectivity index (χ3v) is 2.69. The minimum absolute atomic E-state index is 0.143. The molecule has 19 heavy (non-hydrogen) atoms. The Labute approximate surface area is 120 Å². The monoisotopic (exact) mass is 328 g/mol. The van der Waals surface area contributed by atoms with Gasteiger partial charge in [-0.05, 0) is 48.8 Å². The topological polar surface area (TPSA) is 67.4 Å². The molecule has 0 heterocycles. The quantitative estimate of drug-likeness (QED) is 0.831. The largest absolute Gasteiger partial charge is 0.343 e. The molecule has 6 heteroatoms. The lowest BCUT2D eigenvalue weighted by atomic mass is 10.2. The summed E-state index contributed by atoms with van der Waals surface area (Å²) < 4.78 is 0.679. The minimum atomic E-state index is -0.470. The van der Waals surface area contributed by atoms with Gasteiger partial charge in [-0.3, -0.25) is 14.4 Å². The minimum Gasteiger partial charge on any atom is -0.343 e. The fourth-order valence-corrected chi connectivity index (χ4v) is 1.61. The van der Waals surface area contributed by atoms with Gasteiger partial charge in [0.05, 0.1) is 17.7 Å². The first-order valence-corrected chi connectivity index (χ1v) is 6.58. The number of benzene rings is 1. The van der Waals surface area contributed by atoms with Gasteiger partial charge in [-0.15, -0.1) is 0 Å². The third-order valence-electron chi connectivity index (χ3n) is 2.00. The fraction of sp³-hybridized carbons (Fsp3) is 0.385. The number of halogens is 1. The van der Waals surface area contributed by atoms with Gasteiger partial charge < -0.3 is 5.32 Å². The van der Waals surface area contributed by atoms with Crippen LogP contribution < -0.4 is 10.8 Å². The van der Waals surface area contributed by atoms with Crippen LogP contribution in [0.25, 0.3) is 0 Å². The molecule has 0 aliphatic rings. The van der Waals surface area contributed by atoms with E-state index in [-0.39, 0.29) is 12.5 Å². The summed E-state index contributed by atoms with van der Waals surface area (Å²) in [4.78, 5) is 28.3. The van der Waals surface area contributed by atoms with Gasteiger partial charge in [0.2, 0.25) is 0 Å². The molecule has 0 saturated carbocycles. The van der Waals surface area contributed by atoms with Crippen molar-refractivity contribution in [2.45, 2.75) is 26.4 Å². The van der Waals surface area contributed by atoms with Gasteiger partial charge in [-0.2, -0.15) is 0 Å². The second-order valence-electron chi connectivity index (χ2n) is 4.90. The molecule has 1 aromatic carbocycles. The van der Waals surface area contributed by atoms with E-state index in [0.717, 1.165) is 0 Å². The Morgan fingerprint density at radius 2 is 1.89 bits per heavy atom. The molecule has 1 aromatic rings. The number of carbonyl (C=O) groups excluding carboxylic acids is 2. The number of amides is 2. The molecular weight excluding hydrogens is 312 g/mol. The standard InChI is InChI=1S/C13H17BrN2O3/c1-13(2,3)19-16-11(17)8-15-12(18)9-6-4-5-7-10(9)14/h4-7H,8H2,1-3H3,(H,15,18)(H,16,17). The van der Waals surface area contributed by atoms with E-state index in [4.69, 9.17) is 4.84 Å². The maximum Gasteiger partial charge on any atom is 0.262 e. The van der Waals surface area contributed by atoms with Gasteiger partial charge in [0, 0.05) is 4.47 Å². The van der Waals surface area contributed by atoms with Crippen molar-refractivity contribution in [2.24, 2.45) is 0 Å². The highest BCUT2D eigenvalue weighted by atomic mass is 79.9. The van der Waals surface area contributed by atoms with E-state index in [0.29, 0.717) is 10.0 Å². The van der Waals surface area contributed by atoms with Gasteiger partial charge in [0.15, 0.2) is 0 Å².